The number of carbonyl (C=O) groups excluding carboxylic acids is 2. The number of amides is 2. The smallest absolute Gasteiger partial charge is 0.238 e. The van der Waals surface area contributed by atoms with Crippen LogP contribution in [0.5, 0.6) is 0 Å². The Kier molecular flexibility index (Phi) is 6.25. The summed E-state index contributed by atoms with van der Waals surface area (Å²) in [6.45, 7) is 7.24. The van der Waals surface area contributed by atoms with E-state index in [1.165, 1.54) is 5.56 Å². The van der Waals surface area contributed by atoms with Gasteiger partial charge in [-0.15, -0.1) is 0 Å². The van der Waals surface area contributed by atoms with Crippen LogP contribution in [0.25, 0.3) is 0 Å². The molecule has 2 aromatic carbocycles. The lowest BCUT2D eigenvalue weighted by atomic mass is 10.1. The largest absolute Gasteiger partial charge is 0.340 e. The molecule has 6 heteroatoms. The van der Waals surface area contributed by atoms with Crippen molar-refractivity contribution in [2.75, 3.05) is 38.0 Å². The molecular formula is C24H28BrN3O2. The van der Waals surface area contributed by atoms with Crippen LogP contribution in [0.1, 0.15) is 29.0 Å². The summed E-state index contributed by atoms with van der Waals surface area (Å²) in [5.74, 6) is 0.740. The molecule has 2 unspecified atom stereocenters. The highest BCUT2D eigenvalue weighted by atomic mass is 79.9. The van der Waals surface area contributed by atoms with E-state index in [1.54, 1.807) is 0 Å². The first kappa shape index (κ1) is 21.1. The zero-order valence-corrected chi connectivity index (χ0v) is 19.1. The molecule has 1 aliphatic carbocycles. The fourth-order valence-corrected chi connectivity index (χ4v) is 4.57. The fraction of sp³-hybridized carbons (Fsp3) is 0.417. The number of halogens is 1. The van der Waals surface area contributed by atoms with Crippen LogP contribution in [-0.2, 0) is 9.59 Å². The van der Waals surface area contributed by atoms with Gasteiger partial charge in [0.05, 0.1) is 6.54 Å². The molecule has 0 bridgehead atoms. The van der Waals surface area contributed by atoms with Crippen LogP contribution in [-0.4, -0.2) is 54.3 Å². The minimum Gasteiger partial charge on any atom is -0.340 e. The third-order valence-corrected chi connectivity index (χ3v) is 6.73. The Morgan fingerprint density at radius 3 is 2.27 bits per heavy atom. The molecular weight excluding hydrogens is 442 g/mol. The van der Waals surface area contributed by atoms with Crippen molar-refractivity contribution in [3.05, 3.63) is 63.6 Å². The van der Waals surface area contributed by atoms with E-state index in [1.807, 2.05) is 49.1 Å². The highest BCUT2D eigenvalue weighted by molar-refractivity contribution is 9.10. The fourth-order valence-electron chi connectivity index (χ4n) is 4.30. The van der Waals surface area contributed by atoms with E-state index in [-0.39, 0.29) is 17.7 Å². The zero-order valence-electron chi connectivity index (χ0n) is 17.5. The lowest BCUT2D eigenvalue weighted by Gasteiger charge is -2.34. The second-order valence-corrected chi connectivity index (χ2v) is 9.33. The van der Waals surface area contributed by atoms with Gasteiger partial charge in [-0.3, -0.25) is 14.5 Å². The molecule has 0 aromatic heterocycles. The van der Waals surface area contributed by atoms with E-state index >= 15 is 0 Å². The van der Waals surface area contributed by atoms with Gasteiger partial charge in [-0.2, -0.15) is 0 Å². The van der Waals surface area contributed by atoms with Crippen molar-refractivity contribution in [2.45, 2.75) is 26.2 Å². The summed E-state index contributed by atoms with van der Waals surface area (Å²) in [4.78, 5) is 29.5. The third kappa shape index (κ3) is 4.76. The SMILES string of the molecule is Cc1cccc(C)c1NC(=O)CN1CCN(C(=O)C2CC2c2ccc(Br)cc2)CC1. The van der Waals surface area contributed by atoms with E-state index in [0.29, 0.717) is 25.6 Å². The summed E-state index contributed by atoms with van der Waals surface area (Å²) < 4.78 is 1.06. The monoisotopic (exact) mass is 469 g/mol. The number of carbonyl (C=O) groups is 2. The Bertz CT molecular complexity index is 916. The normalized spacial score (nSPS) is 21.4. The van der Waals surface area contributed by atoms with Gasteiger partial charge < -0.3 is 10.2 Å². The van der Waals surface area contributed by atoms with E-state index in [9.17, 15) is 9.59 Å². The maximum absolute atomic E-state index is 12.9. The van der Waals surface area contributed by atoms with Gasteiger partial charge in [-0.1, -0.05) is 46.3 Å². The van der Waals surface area contributed by atoms with Gasteiger partial charge in [0.2, 0.25) is 11.8 Å². The van der Waals surface area contributed by atoms with Gasteiger partial charge in [-0.05, 0) is 55.0 Å². The predicted molar refractivity (Wildman–Crippen MR) is 123 cm³/mol. The Morgan fingerprint density at radius 2 is 1.63 bits per heavy atom. The van der Waals surface area contributed by atoms with Crippen LogP contribution >= 0.6 is 15.9 Å². The predicted octanol–water partition coefficient (Wildman–Crippen LogP) is 3.95. The van der Waals surface area contributed by atoms with Crippen LogP contribution < -0.4 is 5.32 Å². The Hall–Kier alpha value is -2.18. The topological polar surface area (TPSA) is 52.7 Å². The van der Waals surface area contributed by atoms with Crippen molar-refractivity contribution in [3.63, 3.8) is 0 Å². The molecule has 2 aromatic rings. The molecule has 0 radical (unpaired) electrons. The van der Waals surface area contributed by atoms with Crippen molar-refractivity contribution in [3.8, 4) is 0 Å². The number of benzene rings is 2. The van der Waals surface area contributed by atoms with Crippen LogP contribution in [0.15, 0.2) is 46.9 Å². The van der Waals surface area contributed by atoms with Gasteiger partial charge in [-0.25, -0.2) is 0 Å². The molecule has 2 aliphatic rings. The number of para-hydroxylation sites is 1. The molecule has 2 atom stereocenters. The minimum atomic E-state index is 0.00433. The maximum Gasteiger partial charge on any atom is 0.238 e. The minimum absolute atomic E-state index is 0.00433. The molecule has 0 spiro atoms. The lowest BCUT2D eigenvalue weighted by molar-refractivity contribution is -0.134. The first-order valence-corrected chi connectivity index (χ1v) is 11.3. The zero-order chi connectivity index (χ0) is 21.3. The number of nitrogens with one attached hydrogen (secondary N) is 1. The number of hydrogen-bond donors (Lipinski definition) is 1. The van der Waals surface area contributed by atoms with E-state index in [2.05, 4.69) is 38.3 Å². The van der Waals surface area contributed by atoms with Crippen molar-refractivity contribution >= 4 is 33.4 Å². The van der Waals surface area contributed by atoms with Crippen molar-refractivity contribution in [1.29, 1.82) is 0 Å². The van der Waals surface area contributed by atoms with E-state index < -0.39 is 0 Å². The second kappa shape index (κ2) is 8.90. The van der Waals surface area contributed by atoms with Crippen LogP contribution in [0.2, 0.25) is 0 Å². The third-order valence-electron chi connectivity index (χ3n) is 6.20. The second-order valence-electron chi connectivity index (χ2n) is 8.42. The average Bonchev–Trinajstić information content (AvgIpc) is 3.52. The van der Waals surface area contributed by atoms with Gasteiger partial charge in [0.25, 0.3) is 0 Å². The van der Waals surface area contributed by atoms with Gasteiger partial charge >= 0.3 is 0 Å². The molecule has 158 valence electrons. The number of anilines is 1. The molecule has 2 fully saturated rings. The van der Waals surface area contributed by atoms with E-state index in [4.69, 9.17) is 0 Å². The standard InChI is InChI=1S/C24H28BrN3O2/c1-16-4-3-5-17(2)23(16)26-22(29)15-27-10-12-28(13-11-27)24(30)21-14-20(21)18-6-8-19(25)9-7-18/h3-9,20-21H,10-15H2,1-2H3,(H,26,29). The number of rotatable bonds is 5. The maximum atomic E-state index is 12.9. The van der Waals surface area contributed by atoms with Gasteiger partial charge in [0, 0.05) is 42.3 Å². The summed E-state index contributed by atoms with van der Waals surface area (Å²) in [5, 5.41) is 3.05. The van der Waals surface area contributed by atoms with Gasteiger partial charge in [0.15, 0.2) is 0 Å². The molecule has 1 aliphatic heterocycles. The molecule has 1 heterocycles. The van der Waals surface area contributed by atoms with Gasteiger partial charge in [0.1, 0.15) is 0 Å². The lowest BCUT2D eigenvalue weighted by Crippen LogP contribution is -2.51. The molecule has 1 saturated heterocycles. The number of piperazine rings is 1. The van der Waals surface area contributed by atoms with Crippen LogP contribution in [0.4, 0.5) is 5.69 Å². The van der Waals surface area contributed by atoms with Crippen molar-refractivity contribution in [2.24, 2.45) is 5.92 Å². The molecule has 1 saturated carbocycles. The summed E-state index contributed by atoms with van der Waals surface area (Å²) in [5.41, 5.74) is 4.30. The Morgan fingerprint density at radius 1 is 1.00 bits per heavy atom. The Labute approximate surface area is 186 Å². The average molecular weight is 470 g/mol. The summed E-state index contributed by atoms with van der Waals surface area (Å²) in [6, 6.07) is 14.3. The summed E-state index contributed by atoms with van der Waals surface area (Å²) in [6.07, 6.45) is 0.943. The number of hydrogen-bond acceptors (Lipinski definition) is 3. The molecule has 2 amide bonds. The summed E-state index contributed by atoms with van der Waals surface area (Å²) >= 11 is 3.46. The van der Waals surface area contributed by atoms with Crippen molar-refractivity contribution in [1.82, 2.24) is 9.80 Å². The molecule has 5 nitrogen and oxygen atoms in total. The van der Waals surface area contributed by atoms with Crippen LogP contribution in [0.3, 0.4) is 0 Å². The molecule has 30 heavy (non-hydrogen) atoms. The Balaban J connectivity index is 1.24. The first-order valence-electron chi connectivity index (χ1n) is 10.5. The molecule has 1 N–H and O–H groups in total. The summed E-state index contributed by atoms with van der Waals surface area (Å²) in [7, 11) is 0. The quantitative estimate of drug-likeness (QED) is 0.720. The van der Waals surface area contributed by atoms with Crippen molar-refractivity contribution < 1.29 is 9.59 Å². The highest BCUT2D eigenvalue weighted by Gasteiger charge is 2.46. The number of nitrogens with zero attached hydrogens (tertiary/aromatic N) is 2. The van der Waals surface area contributed by atoms with E-state index in [0.717, 1.165) is 40.8 Å². The number of aryl methyl sites for hydroxylation is 2. The van der Waals surface area contributed by atoms with Crippen LogP contribution in [0, 0.1) is 19.8 Å². The highest BCUT2D eigenvalue weighted by Crippen LogP contribution is 2.48. The molecule has 4 rings (SSSR count). The first-order chi connectivity index (χ1) is 14.4.